The molecule has 12 heavy (non-hydrogen) atoms. The van der Waals surface area contributed by atoms with E-state index in [1.807, 2.05) is 0 Å². The highest BCUT2D eigenvalue weighted by molar-refractivity contribution is 6.61. The molecule has 0 aliphatic carbocycles. The van der Waals surface area contributed by atoms with Gasteiger partial charge in [-0.3, -0.25) is 0 Å². The zero-order valence-electron chi connectivity index (χ0n) is 6.22. The van der Waals surface area contributed by atoms with Gasteiger partial charge in [-0.05, 0) is 12.8 Å². The maximum Gasteiger partial charge on any atom is 0.403 e. The van der Waals surface area contributed by atoms with Crippen LogP contribution in [0.3, 0.4) is 0 Å². The number of hydrogen-bond donors (Lipinski definition) is 0. The molecule has 0 bridgehead atoms. The summed E-state index contributed by atoms with van der Waals surface area (Å²) in [5, 5.41) is 0. The van der Waals surface area contributed by atoms with E-state index in [2.05, 4.69) is 9.47 Å². The third kappa shape index (κ3) is 9.52. The van der Waals surface area contributed by atoms with Crippen LogP contribution in [-0.2, 0) is 9.47 Å². The SMILES string of the molecule is O=C(Cl)OCCCCOC(=O)Cl. The first-order valence-corrected chi connectivity index (χ1v) is 4.03. The van der Waals surface area contributed by atoms with E-state index in [1.165, 1.54) is 0 Å². The van der Waals surface area contributed by atoms with Crippen molar-refractivity contribution in [1.82, 2.24) is 0 Å². The van der Waals surface area contributed by atoms with Crippen molar-refractivity contribution in [2.75, 3.05) is 13.2 Å². The van der Waals surface area contributed by atoms with Crippen LogP contribution in [0.2, 0.25) is 0 Å². The molecule has 70 valence electrons. The number of rotatable bonds is 5. The summed E-state index contributed by atoms with van der Waals surface area (Å²) in [5.41, 5.74) is -1.66. The summed E-state index contributed by atoms with van der Waals surface area (Å²) in [6.07, 6.45) is 1.17. The summed E-state index contributed by atoms with van der Waals surface area (Å²) >= 11 is 9.75. The van der Waals surface area contributed by atoms with Crippen molar-refractivity contribution in [3.63, 3.8) is 0 Å². The highest BCUT2D eigenvalue weighted by Gasteiger charge is 1.97. The fourth-order valence-electron chi connectivity index (χ4n) is 0.509. The summed E-state index contributed by atoms with van der Waals surface area (Å²) in [6, 6.07) is 0. The molecule has 0 aliphatic heterocycles. The molecule has 0 saturated carbocycles. The average molecular weight is 215 g/mol. The largest absolute Gasteiger partial charge is 0.454 e. The maximum absolute atomic E-state index is 10.0. The second-order valence-corrected chi connectivity index (χ2v) is 2.50. The van der Waals surface area contributed by atoms with E-state index in [4.69, 9.17) is 23.2 Å². The van der Waals surface area contributed by atoms with Gasteiger partial charge in [-0.2, -0.15) is 0 Å². The Hall–Kier alpha value is -0.480. The van der Waals surface area contributed by atoms with E-state index in [1.54, 1.807) is 0 Å². The predicted octanol–water partition coefficient (Wildman–Crippen LogP) is 2.52. The molecule has 0 spiro atoms. The highest BCUT2D eigenvalue weighted by atomic mass is 35.5. The Morgan fingerprint density at radius 1 is 0.917 bits per heavy atom. The van der Waals surface area contributed by atoms with Gasteiger partial charge in [0.05, 0.1) is 13.2 Å². The number of hydrogen-bond acceptors (Lipinski definition) is 4. The summed E-state index contributed by atoms with van der Waals surface area (Å²) in [4.78, 5) is 20.0. The molecule has 0 aromatic heterocycles. The van der Waals surface area contributed by atoms with Gasteiger partial charge >= 0.3 is 10.9 Å². The number of carbonyl (C=O) groups excluding carboxylic acids is 2. The van der Waals surface area contributed by atoms with Gasteiger partial charge in [0.2, 0.25) is 0 Å². The second kappa shape index (κ2) is 7.18. The van der Waals surface area contributed by atoms with Crippen molar-refractivity contribution in [2.24, 2.45) is 0 Å². The fraction of sp³-hybridized carbons (Fsp3) is 0.667. The van der Waals surface area contributed by atoms with E-state index in [-0.39, 0.29) is 13.2 Å². The third-order valence-electron chi connectivity index (χ3n) is 0.970. The number of carbonyl (C=O) groups is 2. The van der Waals surface area contributed by atoms with E-state index in [0.717, 1.165) is 0 Å². The predicted molar refractivity (Wildman–Crippen MR) is 43.6 cm³/mol. The lowest BCUT2D eigenvalue weighted by Crippen LogP contribution is -2.00. The Labute approximate surface area is 79.7 Å². The number of halogens is 2. The van der Waals surface area contributed by atoms with Gasteiger partial charge in [0, 0.05) is 23.2 Å². The molecule has 4 nitrogen and oxygen atoms in total. The molecule has 0 rings (SSSR count). The second-order valence-electron chi connectivity index (χ2n) is 1.88. The van der Waals surface area contributed by atoms with Crippen LogP contribution >= 0.6 is 23.2 Å². The molecule has 0 unspecified atom stereocenters. The molecule has 0 N–H and O–H groups in total. The van der Waals surface area contributed by atoms with Crippen molar-refractivity contribution in [1.29, 1.82) is 0 Å². The van der Waals surface area contributed by atoms with Crippen LogP contribution < -0.4 is 0 Å². The van der Waals surface area contributed by atoms with Crippen LogP contribution in [0.4, 0.5) is 9.59 Å². The van der Waals surface area contributed by atoms with E-state index >= 15 is 0 Å². The minimum Gasteiger partial charge on any atom is -0.454 e. The zero-order valence-corrected chi connectivity index (χ0v) is 7.73. The standard InChI is InChI=1S/C6H8Cl2O4/c7-5(9)11-3-1-2-4-12-6(8)10/h1-4H2. The Balaban J connectivity index is 3.01. The molecule has 0 radical (unpaired) electrons. The van der Waals surface area contributed by atoms with Crippen molar-refractivity contribution in [2.45, 2.75) is 12.8 Å². The van der Waals surface area contributed by atoms with E-state index in [9.17, 15) is 9.59 Å². The molecule has 0 atom stereocenters. The van der Waals surface area contributed by atoms with Crippen LogP contribution in [0.25, 0.3) is 0 Å². The first kappa shape index (κ1) is 11.5. The molecule has 0 aromatic carbocycles. The van der Waals surface area contributed by atoms with Crippen LogP contribution in [0.1, 0.15) is 12.8 Å². The monoisotopic (exact) mass is 214 g/mol. The van der Waals surface area contributed by atoms with Crippen molar-refractivity contribution < 1.29 is 19.1 Å². The fourth-order valence-corrected chi connectivity index (χ4v) is 0.663. The topological polar surface area (TPSA) is 52.6 Å². The quantitative estimate of drug-likeness (QED) is 0.522. The molecule has 0 aliphatic rings. The molecule has 0 aromatic rings. The van der Waals surface area contributed by atoms with Gasteiger partial charge in [0.25, 0.3) is 0 Å². The average Bonchev–Trinajstić information content (AvgIpc) is 1.95. The molecular formula is C6H8Cl2O4. The lowest BCUT2D eigenvalue weighted by Gasteiger charge is -2.00. The van der Waals surface area contributed by atoms with Crippen molar-refractivity contribution >= 4 is 34.1 Å². The van der Waals surface area contributed by atoms with Gasteiger partial charge in [-0.15, -0.1) is 0 Å². The molecular weight excluding hydrogens is 207 g/mol. The van der Waals surface area contributed by atoms with Crippen LogP contribution in [0.5, 0.6) is 0 Å². The summed E-state index contributed by atoms with van der Waals surface area (Å²) < 4.78 is 8.80. The van der Waals surface area contributed by atoms with Crippen LogP contribution in [0, 0.1) is 0 Å². The Morgan fingerprint density at radius 3 is 1.50 bits per heavy atom. The number of unbranched alkanes of at least 4 members (excludes halogenated alkanes) is 1. The molecule has 0 amide bonds. The Morgan fingerprint density at radius 2 is 1.25 bits per heavy atom. The zero-order chi connectivity index (χ0) is 9.40. The van der Waals surface area contributed by atoms with Crippen molar-refractivity contribution in [3.05, 3.63) is 0 Å². The lowest BCUT2D eigenvalue weighted by molar-refractivity contribution is 0.154. The van der Waals surface area contributed by atoms with E-state index < -0.39 is 10.9 Å². The smallest absolute Gasteiger partial charge is 0.403 e. The van der Waals surface area contributed by atoms with Gasteiger partial charge in [0.15, 0.2) is 0 Å². The number of ether oxygens (including phenoxy) is 2. The minimum absolute atomic E-state index is 0.224. The summed E-state index contributed by atoms with van der Waals surface area (Å²) in [6.45, 7) is 0.449. The third-order valence-corrected chi connectivity index (χ3v) is 1.19. The normalized spacial score (nSPS) is 9.17. The van der Waals surface area contributed by atoms with E-state index in [0.29, 0.717) is 12.8 Å². The van der Waals surface area contributed by atoms with Crippen LogP contribution in [-0.4, -0.2) is 24.1 Å². The van der Waals surface area contributed by atoms with Crippen LogP contribution in [0.15, 0.2) is 0 Å². The van der Waals surface area contributed by atoms with Gasteiger partial charge in [-0.1, -0.05) is 0 Å². The Kier molecular flexibility index (Phi) is 6.90. The Bertz CT molecular complexity index is 142. The molecule has 0 heterocycles. The van der Waals surface area contributed by atoms with Gasteiger partial charge in [0.1, 0.15) is 0 Å². The lowest BCUT2D eigenvalue weighted by atomic mass is 10.3. The maximum atomic E-state index is 10.0. The molecule has 0 saturated heterocycles. The van der Waals surface area contributed by atoms with Crippen molar-refractivity contribution in [3.8, 4) is 0 Å². The highest BCUT2D eigenvalue weighted by Crippen LogP contribution is 1.96. The summed E-state index contributed by atoms with van der Waals surface area (Å²) in [7, 11) is 0. The van der Waals surface area contributed by atoms with Gasteiger partial charge in [-0.25, -0.2) is 9.59 Å². The minimum atomic E-state index is -0.829. The first-order valence-electron chi connectivity index (χ1n) is 3.27. The first-order chi connectivity index (χ1) is 5.63. The summed E-state index contributed by atoms with van der Waals surface area (Å²) in [5.74, 6) is 0. The molecule has 6 heteroatoms. The van der Waals surface area contributed by atoms with Gasteiger partial charge < -0.3 is 9.47 Å². The molecule has 0 fully saturated rings.